The van der Waals surface area contributed by atoms with Crippen molar-refractivity contribution in [1.29, 1.82) is 0 Å². The third kappa shape index (κ3) is 4.83. The van der Waals surface area contributed by atoms with Crippen LogP contribution >= 0.6 is 0 Å². The Balaban J connectivity index is 1.57. The maximum absolute atomic E-state index is 12.4. The van der Waals surface area contributed by atoms with Crippen molar-refractivity contribution in [3.05, 3.63) is 42.0 Å². The van der Waals surface area contributed by atoms with Gasteiger partial charge in [0, 0.05) is 5.41 Å². The molecule has 0 unspecified atom stereocenters. The van der Waals surface area contributed by atoms with E-state index in [1.54, 1.807) is 14.0 Å². The van der Waals surface area contributed by atoms with Gasteiger partial charge in [0.1, 0.15) is 12.4 Å². The Hall–Kier alpha value is -2.12. The lowest BCUT2D eigenvalue weighted by molar-refractivity contribution is -0.144. The molecule has 1 aliphatic rings. The van der Waals surface area contributed by atoms with Crippen LogP contribution in [0.3, 0.4) is 0 Å². The van der Waals surface area contributed by atoms with E-state index in [1.165, 1.54) is 0 Å². The van der Waals surface area contributed by atoms with Crippen LogP contribution in [0.1, 0.15) is 25.3 Å². The van der Waals surface area contributed by atoms with Crippen molar-refractivity contribution in [1.82, 2.24) is 0 Å². The fourth-order valence-electron chi connectivity index (χ4n) is 3.31. The Kier molecular flexibility index (Phi) is 5.95. The van der Waals surface area contributed by atoms with E-state index in [2.05, 4.69) is 0 Å². The highest BCUT2D eigenvalue weighted by Gasteiger charge is 2.37. The summed E-state index contributed by atoms with van der Waals surface area (Å²) in [6.45, 7) is 4.42. The summed E-state index contributed by atoms with van der Waals surface area (Å²) in [5.41, 5.74) is 0.508. The summed E-state index contributed by atoms with van der Waals surface area (Å²) in [7, 11) is -1.67. The first-order valence-corrected chi connectivity index (χ1v) is 11.1. The molecule has 0 radical (unpaired) electrons. The third-order valence-electron chi connectivity index (χ3n) is 5.03. The average molecular weight is 407 g/mol. The van der Waals surface area contributed by atoms with E-state index in [1.807, 2.05) is 43.3 Å². The van der Waals surface area contributed by atoms with Crippen molar-refractivity contribution in [3.8, 4) is 5.75 Å². The summed E-state index contributed by atoms with van der Waals surface area (Å²) < 4.78 is 40.0. The minimum atomic E-state index is -3.29. The molecule has 0 aromatic heterocycles. The molecule has 2 aromatic carbocycles. The van der Waals surface area contributed by atoms with Crippen molar-refractivity contribution >= 4 is 26.6 Å². The minimum Gasteiger partial charge on any atom is -0.497 e. The molecule has 1 aliphatic heterocycles. The number of sulfone groups is 1. The number of carbonyl (C=O) groups excluding carboxylic acids is 1. The number of hydrogen-bond donors (Lipinski definition) is 0. The van der Waals surface area contributed by atoms with Crippen molar-refractivity contribution in [3.63, 3.8) is 0 Å². The number of benzene rings is 2. The summed E-state index contributed by atoms with van der Waals surface area (Å²) in [5.74, 6) is -0.246. The summed E-state index contributed by atoms with van der Waals surface area (Å²) >= 11 is 0. The van der Waals surface area contributed by atoms with Gasteiger partial charge in [0.15, 0.2) is 9.84 Å². The highest BCUT2D eigenvalue weighted by molar-refractivity contribution is 7.91. The van der Waals surface area contributed by atoms with Gasteiger partial charge in [-0.1, -0.05) is 31.2 Å². The number of esters is 1. The van der Waals surface area contributed by atoms with E-state index >= 15 is 0 Å². The summed E-state index contributed by atoms with van der Waals surface area (Å²) in [6, 6.07) is 11.5. The van der Waals surface area contributed by atoms with Crippen molar-refractivity contribution < 1.29 is 27.4 Å². The van der Waals surface area contributed by atoms with Crippen LogP contribution in [-0.2, 0) is 24.1 Å². The number of hydrogen-bond acceptors (Lipinski definition) is 6. The molecule has 2 aromatic rings. The smallest absolute Gasteiger partial charge is 0.313 e. The van der Waals surface area contributed by atoms with Crippen LogP contribution in [0, 0.1) is 5.41 Å². The molecular formula is C21H26O6S. The second-order valence-electron chi connectivity index (χ2n) is 7.76. The molecule has 1 heterocycles. The molecule has 6 nitrogen and oxygen atoms in total. The van der Waals surface area contributed by atoms with Gasteiger partial charge in [-0.05, 0) is 35.4 Å². The standard InChI is InChI=1S/C21H26O6S/c1-15(16-4-5-18-11-19(25-3)7-6-17(18)10-16)20(22)27-8-9-28(23,24)14-21(2)12-26-13-21/h4-7,10-11,15H,8-9,12-14H2,1-3H3/t15-/m0/s1. The summed E-state index contributed by atoms with van der Waals surface area (Å²) in [5, 5.41) is 2.01. The lowest BCUT2D eigenvalue weighted by atomic mass is 9.92. The third-order valence-corrected chi connectivity index (χ3v) is 6.96. The zero-order chi connectivity index (χ0) is 20.4. The number of methoxy groups -OCH3 is 1. The van der Waals surface area contributed by atoms with Crippen LogP contribution in [0.5, 0.6) is 5.75 Å². The van der Waals surface area contributed by atoms with Crippen LogP contribution < -0.4 is 4.74 Å². The average Bonchev–Trinajstić information content (AvgIpc) is 2.64. The Labute approximate surface area is 165 Å². The van der Waals surface area contributed by atoms with Gasteiger partial charge in [-0.3, -0.25) is 4.79 Å². The molecule has 28 heavy (non-hydrogen) atoms. The van der Waals surface area contributed by atoms with Gasteiger partial charge in [-0.15, -0.1) is 0 Å². The highest BCUT2D eigenvalue weighted by Crippen LogP contribution is 2.29. The predicted molar refractivity (Wildman–Crippen MR) is 107 cm³/mol. The Bertz CT molecular complexity index is 962. The van der Waals surface area contributed by atoms with E-state index in [-0.39, 0.29) is 23.5 Å². The molecule has 3 rings (SSSR count). The molecule has 0 saturated carbocycles. The maximum Gasteiger partial charge on any atom is 0.313 e. The number of carbonyl (C=O) groups is 1. The second-order valence-corrected chi connectivity index (χ2v) is 9.94. The van der Waals surface area contributed by atoms with Gasteiger partial charge in [-0.25, -0.2) is 8.42 Å². The Morgan fingerprint density at radius 2 is 1.86 bits per heavy atom. The lowest BCUT2D eigenvalue weighted by Crippen LogP contribution is -2.45. The fraction of sp³-hybridized carbons (Fsp3) is 0.476. The van der Waals surface area contributed by atoms with Gasteiger partial charge in [-0.2, -0.15) is 0 Å². The largest absolute Gasteiger partial charge is 0.497 e. The predicted octanol–water partition coefficient (Wildman–Crippen LogP) is 2.95. The quantitative estimate of drug-likeness (QED) is 0.627. The van der Waals surface area contributed by atoms with Gasteiger partial charge in [0.05, 0.1) is 37.7 Å². The molecule has 0 aliphatic carbocycles. The SMILES string of the molecule is COc1ccc2cc([C@H](C)C(=O)OCCS(=O)(=O)CC3(C)COC3)ccc2c1. The first kappa shape index (κ1) is 20.6. The minimum absolute atomic E-state index is 0.0568. The van der Waals surface area contributed by atoms with E-state index in [0.29, 0.717) is 13.2 Å². The molecule has 0 spiro atoms. The summed E-state index contributed by atoms with van der Waals surface area (Å²) in [4.78, 5) is 12.4. The van der Waals surface area contributed by atoms with Crippen molar-refractivity contribution in [2.75, 3.05) is 38.4 Å². The zero-order valence-corrected chi connectivity index (χ0v) is 17.3. The van der Waals surface area contributed by atoms with Crippen LogP contribution in [0.25, 0.3) is 10.8 Å². The molecule has 1 saturated heterocycles. The molecule has 7 heteroatoms. The Morgan fingerprint density at radius 1 is 1.18 bits per heavy atom. The molecule has 1 fully saturated rings. The normalized spacial score (nSPS) is 17.0. The molecule has 152 valence electrons. The molecule has 0 N–H and O–H groups in total. The highest BCUT2D eigenvalue weighted by atomic mass is 32.2. The first-order chi connectivity index (χ1) is 13.2. The van der Waals surface area contributed by atoms with Crippen LogP contribution in [0.15, 0.2) is 36.4 Å². The van der Waals surface area contributed by atoms with Crippen molar-refractivity contribution in [2.24, 2.45) is 5.41 Å². The van der Waals surface area contributed by atoms with Crippen LogP contribution in [0.4, 0.5) is 0 Å². The van der Waals surface area contributed by atoms with Gasteiger partial charge in [0.25, 0.3) is 0 Å². The number of rotatable bonds is 8. The molecule has 1 atom stereocenters. The monoisotopic (exact) mass is 406 g/mol. The van der Waals surface area contributed by atoms with Gasteiger partial charge >= 0.3 is 5.97 Å². The number of fused-ring (bicyclic) bond motifs is 1. The Morgan fingerprint density at radius 3 is 2.50 bits per heavy atom. The molecule has 0 bridgehead atoms. The second kappa shape index (κ2) is 8.09. The maximum atomic E-state index is 12.4. The van der Waals surface area contributed by atoms with Gasteiger partial charge in [0.2, 0.25) is 0 Å². The fourth-order valence-corrected chi connectivity index (χ4v) is 5.02. The van der Waals surface area contributed by atoms with Crippen molar-refractivity contribution in [2.45, 2.75) is 19.8 Å². The first-order valence-electron chi connectivity index (χ1n) is 9.24. The lowest BCUT2D eigenvalue weighted by Gasteiger charge is -2.37. The number of ether oxygens (including phenoxy) is 3. The summed E-state index contributed by atoms with van der Waals surface area (Å²) in [6.07, 6.45) is 0. The van der Waals surface area contributed by atoms with Crippen LogP contribution in [-0.4, -0.2) is 52.8 Å². The van der Waals surface area contributed by atoms with E-state index in [9.17, 15) is 13.2 Å². The molecule has 0 amide bonds. The zero-order valence-electron chi connectivity index (χ0n) is 16.4. The van der Waals surface area contributed by atoms with Crippen LogP contribution in [0.2, 0.25) is 0 Å². The topological polar surface area (TPSA) is 78.9 Å². The van der Waals surface area contributed by atoms with E-state index < -0.39 is 21.7 Å². The van der Waals surface area contributed by atoms with Gasteiger partial charge < -0.3 is 14.2 Å². The van der Waals surface area contributed by atoms with E-state index in [0.717, 1.165) is 22.1 Å². The molecular weight excluding hydrogens is 380 g/mol. The van der Waals surface area contributed by atoms with E-state index in [4.69, 9.17) is 14.2 Å².